The van der Waals surface area contributed by atoms with Gasteiger partial charge in [0.25, 0.3) is 0 Å². The molecule has 17 heavy (non-hydrogen) atoms. The van der Waals surface area contributed by atoms with Crippen LogP contribution in [0.15, 0.2) is 22.7 Å². The molecule has 3 nitrogen and oxygen atoms in total. The van der Waals surface area contributed by atoms with Crippen LogP contribution in [-0.4, -0.2) is 25.6 Å². The number of rotatable bonds is 7. The highest BCUT2D eigenvalue weighted by molar-refractivity contribution is 9.10. The molecular weight excluding hydrogens is 289 g/mol. The van der Waals surface area contributed by atoms with Gasteiger partial charge in [-0.25, -0.2) is 4.39 Å². The van der Waals surface area contributed by atoms with E-state index in [1.807, 2.05) is 12.1 Å². The number of halogens is 2. The van der Waals surface area contributed by atoms with Gasteiger partial charge >= 0.3 is 0 Å². The number of alkyl halides is 1. The zero-order valence-electron chi connectivity index (χ0n) is 9.63. The summed E-state index contributed by atoms with van der Waals surface area (Å²) >= 11 is 3.35. The number of hydrogen-bond donors (Lipinski definition) is 1. The molecule has 1 N–H and O–H groups in total. The molecule has 0 heterocycles. The van der Waals surface area contributed by atoms with Crippen LogP contribution in [0.2, 0.25) is 0 Å². The Kier molecular flexibility index (Phi) is 6.15. The van der Waals surface area contributed by atoms with Gasteiger partial charge in [0.05, 0.1) is 17.7 Å². The summed E-state index contributed by atoms with van der Waals surface area (Å²) in [6.07, 6.45) is 0. The molecule has 1 rings (SSSR count). The van der Waals surface area contributed by atoms with E-state index in [1.54, 1.807) is 13.0 Å². The monoisotopic (exact) mass is 303 g/mol. The van der Waals surface area contributed by atoms with Gasteiger partial charge in [0.2, 0.25) is 0 Å². The van der Waals surface area contributed by atoms with Crippen molar-refractivity contribution in [1.29, 1.82) is 5.41 Å². The van der Waals surface area contributed by atoms with Crippen molar-refractivity contribution >= 4 is 21.6 Å². The maximum Gasteiger partial charge on any atom is 0.133 e. The summed E-state index contributed by atoms with van der Waals surface area (Å²) in [5.41, 5.74) is 1.47. The minimum atomic E-state index is -0.504. The van der Waals surface area contributed by atoms with E-state index in [0.29, 0.717) is 24.7 Å². The molecule has 0 spiro atoms. The quantitative estimate of drug-likeness (QED) is 0.785. The third-order valence-electron chi connectivity index (χ3n) is 1.92. The Morgan fingerprint density at radius 1 is 1.47 bits per heavy atom. The Hall–Kier alpha value is -0.940. The fourth-order valence-electron chi connectivity index (χ4n) is 1.22. The van der Waals surface area contributed by atoms with Gasteiger partial charge in [-0.05, 0) is 40.5 Å². The molecule has 1 aromatic rings. The lowest BCUT2D eigenvalue weighted by molar-refractivity contribution is 0.157. The molecule has 0 aliphatic rings. The van der Waals surface area contributed by atoms with Crippen LogP contribution >= 0.6 is 15.9 Å². The molecule has 5 heteroatoms. The van der Waals surface area contributed by atoms with Gasteiger partial charge < -0.3 is 14.9 Å². The maximum absolute atomic E-state index is 12.0. The van der Waals surface area contributed by atoms with E-state index < -0.39 is 6.67 Å². The largest absolute Gasteiger partial charge is 0.490 e. The SMILES string of the molecule is CC(=N)COCc1ccc(OCCF)c(Br)c1. The summed E-state index contributed by atoms with van der Waals surface area (Å²) in [4.78, 5) is 0. The Balaban J connectivity index is 2.52. The molecule has 0 aliphatic carbocycles. The number of ether oxygens (including phenoxy) is 2. The fourth-order valence-corrected chi connectivity index (χ4v) is 1.76. The Morgan fingerprint density at radius 3 is 2.82 bits per heavy atom. The molecule has 0 bridgehead atoms. The first-order valence-electron chi connectivity index (χ1n) is 5.22. The zero-order valence-corrected chi connectivity index (χ0v) is 11.2. The number of nitrogens with one attached hydrogen (secondary N) is 1. The van der Waals surface area contributed by atoms with Crippen LogP contribution in [-0.2, 0) is 11.3 Å². The molecule has 0 saturated heterocycles. The summed E-state index contributed by atoms with van der Waals surface area (Å²) < 4.78 is 23.2. The molecule has 0 radical (unpaired) electrons. The molecule has 0 unspecified atom stereocenters. The summed E-state index contributed by atoms with van der Waals surface area (Å²) in [5, 5.41) is 7.22. The lowest BCUT2D eigenvalue weighted by atomic mass is 10.2. The number of benzene rings is 1. The summed E-state index contributed by atoms with van der Waals surface area (Å²) in [7, 11) is 0. The van der Waals surface area contributed by atoms with Crippen LogP contribution in [0, 0.1) is 5.41 Å². The molecule has 94 valence electrons. The van der Waals surface area contributed by atoms with E-state index in [-0.39, 0.29) is 6.61 Å². The van der Waals surface area contributed by atoms with Crippen molar-refractivity contribution in [3.63, 3.8) is 0 Å². The summed E-state index contributed by atoms with van der Waals surface area (Å²) in [6.45, 7) is 2.02. The van der Waals surface area contributed by atoms with E-state index in [0.717, 1.165) is 10.0 Å². The average Bonchev–Trinajstić information content (AvgIpc) is 2.27. The Labute approximate surface area is 109 Å². The first-order valence-corrected chi connectivity index (χ1v) is 6.01. The average molecular weight is 304 g/mol. The van der Waals surface area contributed by atoms with Crippen molar-refractivity contribution < 1.29 is 13.9 Å². The van der Waals surface area contributed by atoms with Crippen molar-refractivity contribution in [2.45, 2.75) is 13.5 Å². The van der Waals surface area contributed by atoms with Crippen LogP contribution in [0.1, 0.15) is 12.5 Å². The van der Waals surface area contributed by atoms with Gasteiger partial charge in [0, 0.05) is 5.71 Å². The Bertz CT molecular complexity index is 385. The maximum atomic E-state index is 12.0. The van der Waals surface area contributed by atoms with Crippen LogP contribution in [0.5, 0.6) is 5.75 Å². The molecule has 0 saturated carbocycles. The van der Waals surface area contributed by atoms with E-state index in [4.69, 9.17) is 14.9 Å². The second-order valence-electron chi connectivity index (χ2n) is 3.58. The fraction of sp³-hybridized carbons (Fsp3) is 0.417. The lowest BCUT2D eigenvalue weighted by Gasteiger charge is -2.08. The summed E-state index contributed by atoms with van der Waals surface area (Å²) in [5.74, 6) is 0.620. The molecule has 0 fully saturated rings. The van der Waals surface area contributed by atoms with E-state index in [2.05, 4.69) is 15.9 Å². The van der Waals surface area contributed by atoms with Crippen LogP contribution in [0.25, 0.3) is 0 Å². The molecule has 0 aromatic heterocycles. The predicted molar refractivity (Wildman–Crippen MR) is 68.7 cm³/mol. The van der Waals surface area contributed by atoms with Gasteiger partial charge in [-0.1, -0.05) is 6.07 Å². The van der Waals surface area contributed by atoms with Crippen LogP contribution < -0.4 is 4.74 Å². The molecule has 1 aromatic carbocycles. The van der Waals surface area contributed by atoms with Crippen molar-refractivity contribution in [2.75, 3.05) is 19.9 Å². The molecular formula is C12H15BrFNO2. The van der Waals surface area contributed by atoms with Crippen LogP contribution in [0.4, 0.5) is 4.39 Å². The van der Waals surface area contributed by atoms with Gasteiger partial charge in [-0.2, -0.15) is 0 Å². The topological polar surface area (TPSA) is 42.3 Å². The molecule has 0 atom stereocenters. The van der Waals surface area contributed by atoms with E-state index >= 15 is 0 Å². The first kappa shape index (κ1) is 14.1. The van der Waals surface area contributed by atoms with E-state index in [9.17, 15) is 4.39 Å². The van der Waals surface area contributed by atoms with Gasteiger partial charge in [0.15, 0.2) is 0 Å². The third kappa shape index (κ3) is 5.28. The second-order valence-corrected chi connectivity index (χ2v) is 4.43. The van der Waals surface area contributed by atoms with Crippen molar-refractivity contribution in [2.24, 2.45) is 0 Å². The third-order valence-corrected chi connectivity index (χ3v) is 2.54. The van der Waals surface area contributed by atoms with Crippen molar-refractivity contribution in [3.05, 3.63) is 28.2 Å². The first-order chi connectivity index (χ1) is 8.13. The standard InChI is InChI=1S/C12H15BrFNO2/c1-9(15)7-16-8-10-2-3-12(11(13)6-10)17-5-4-14/h2-3,6,15H,4-5,7-8H2,1H3. The Morgan fingerprint density at radius 2 is 2.24 bits per heavy atom. The highest BCUT2D eigenvalue weighted by Crippen LogP contribution is 2.26. The van der Waals surface area contributed by atoms with Gasteiger partial charge in [-0.15, -0.1) is 0 Å². The minimum Gasteiger partial charge on any atom is -0.490 e. The summed E-state index contributed by atoms with van der Waals surface area (Å²) in [6, 6.07) is 5.50. The van der Waals surface area contributed by atoms with Crippen LogP contribution in [0.3, 0.4) is 0 Å². The zero-order chi connectivity index (χ0) is 12.7. The number of hydrogen-bond acceptors (Lipinski definition) is 3. The minimum absolute atomic E-state index is 0.0570. The smallest absolute Gasteiger partial charge is 0.133 e. The highest BCUT2D eigenvalue weighted by atomic mass is 79.9. The van der Waals surface area contributed by atoms with Gasteiger partial charge in [0.1, 0.15) is 19.0 Å². The normalized spacial score (nSPS) is 10.3. The predicted octanol–water partition coefficient (Wildman–Crippen LogP) is 3.35. The van der Waals surface area contributed by atoms with Crippen molar-refractivity contribution in [3.8, 4) is 5.75 Å². The lowest BCUT2D eigenvalue weighted by Crippen LogP contribution is -2.03. The van der Waals surface area contributed by atoms with E-state index in [1.165, 1.54) is 0 Å². The second kappa shape index (κ2) is 7.40. The highest BCUT2D eigenvalue weighted by Gasteiger charge is 2.03. The van der Waals surface area contributed by atoms with Gasteiger partial charge in [-0.3, -0.25) is 0 Å². The molecule has 0 amide bonds. The molecule has 0 aliphatic heterocycles. The van der Waals surface area contributed by atoms with Crippen molar-refractivity contribution in [1.82, 2.24) is 0 Å².